The highest BCUT2D eigenvalue weighted by Crippen LogP contribution is 2.61. The molecule has 2 aliphatic heterocycles. The van der Waals surface area contributed by atoms with Gasteiger partial charge in [-0.2, -0.15) is 0 Å². The predicted molar refractivity (Wildman–Crippen MR) is 82.6 cm³/mol. The van der Waals surface area contributed by atoms with Crippen LogP contribution in [0.1, 0.15) is 38.9 Å². The van der Waals surface area contributed by atoms with Gasteiger partial charge in [-0.05, 0) is 13.0 Å². The van der Waals surface area contributed by atoms with E-state index in [9.17, 15) is 9.67 Å². The van der Waals surface area contributed by atoms with Crippen LogP contribution in [0.25, 0.3) is 0 Å². The maximum Gasteiger partial charge on any atom is 0.360 e. The van der Waals surface area contributed by atoms with E-state index < -0.39 is 13.7 Å². The molecule has 2 aliphatic rings. The van der Waals surface area contributed by atoms with Crippen LogP contribution in [0.2, 0.25) is 0 Å². The van der Waals surface area contributed by atoms with Gasteiger partial charge in [-0.3, -0.25) is 4.57 Å². The van der Waals surface area contributed by atoms with Gasteiger partial charge >= 0.3 is 7.60 Å². The van der Waals surface area contributed by atoms with Gasteiger partial charge in [0, 0.05) is 17.4 Å². The van der Waals surface area contributed by atoms with Crippen molar-refractivity contribution in [3.63, 3.8) is 0 Å². The number of aliphatic hydroxyl groups excluding tert-OH is 1. The Morgan fingerprint density at radius 3 is 2.59 bits per heavy atom. The van der Waals surface area contributed by atoms with Crippen molar-refractivity contribution >= 4 is 7.60 Å². The van der Waals surface area contributed by atoms with Crippen molar-refractivity contribution in [3.05, 3.63) is 40.9 Å². The van der Waals surface area contributed by atoms with Crippen LogP contribution in [-0.4, -0.2) is 18.3 Å². The molecule has 22 heavy (non-hydrogen) atoms. The zero-order valence-electron chi connectivity index (χ0n) is 13.0. The minimum Gasteiger partial charge on any atom is -0.461 e. The summed E-state index contributed by atoms with van der Waals surface area (Å²) in [6, 6.07) is 7.30. The summed E-state index contributed by atoms with van der Waals surface area (Å²) in [6.07, 6.45) is -0.411. The summed E-state index contributed by atoms with van der Waals surface area (Å²) in [4.78, 5) is 0. The van der Waals surface area contributed by atoms with Crippen molar-refractivity contribution in [2.24, 2.45) is 5.41 Å². The first-order chi connectivity index (χ1) is 10.3. The van der Waals surface area contributed by atoms with E-state index >= 15 is 0 Å². The lowest BCUT2D eigenvalue weighted by atomic mass is 9.97. The van der Waals surface area contributed by atoms with Crippen LogP contribution in [0.15, 0.2) is 35.3 Å². The Labute approximate surface area is 130 Å². The maximum absolute atomic E-state index is 12.9. The third-order valence-corrected chi connectivity index (χ3v) is 5.96. The lowest BCUT2D eigenvalue weighted by Crippen LogP contribution is -2.30. The topological polar surface area (TPSA) is 65.0 Å². The summed E-state index contributed by atoms with van der Waals surface area (Å²) < 4.78 is 29.8. The number of ether oxygens (including phenoxy) is 1. The number of hydrogen-bond donors (Lipinski definition) is 1. The Bertz CT molecular complexity index is 650. The van der Waals surface area contributed by atoms with Crippen LogP contribution in [0, 0.1) is 5.41 Å². The van der Waals surface area contributed by atoms with Gasteiger partial charge in [-0.15, -0.1) is 0 Å². The minimum atomic E-state index is -3.35. The summed E-state index contributed by atoms with van der Waals surface area (Å²) in [6.45, 7) is 6.42. The molecule has 0 saturated carbocycles. The first kappa shape index (κ1) is 15.8. The van der Waals surface area contributed by atoms with Crippen molar-refractivity contribution < 1.29 is 23.5 Å². The van der Waals surface area contributed by atoms with Gasteiger partial charge in [0.05, 0.1) is 24.6 Å². The van der Waals surface area contributed by atoms with Gasteiger partial charge in [-0.25, -0.2) is 0 Å². The first-order valence-corrected chi connectivity index (χ1v) is 8.89. The molecule has 3 rings (SSSR count). The molecule has 120 valence electrons. The van der Waals surface area contributed by atoms with Crippen molar-refractivity contribution in [3.8, 4) is 5.75 Å². The standard InChI is InChI=1S/C16H21O5P/c1-11(22(18)19-9-16(2,3)10-20-22)15-8-13(17)12-6-4-5-7-14(12)21-15/h4-7,13,17H,8-10H2,1-3H3/b15-11+/t13-/m0/s1. The average molecular weight is 324 g/mol. The predicted octanol–water partition coefficient (Wildman–Crippen LogP) is 4.00. The van der Waals surface area contributed by atoms with Crippen molar-refractivity contribution in [2.75, 3.05) is 13.2 Å². The Morgan fingerprint density at radius 2 is 1.91 bits per heavy atom. The molecule has 0 bridgehead atoms. The maximum atomic E-state index is 12.9. The van der Waals surface area contributed by atoms with E-state index in [0.717, 1.165) is 5.56 Å². The van der Waals surface area contributed by atoms with Crippen molar-refractivity contribution in [2.45, 2.75) is 33.3 Å². The van der Waals surface area contributed by atoms with E-state index in [4.69, 9.17) is 13.8 Å². The quantitative estimate of drug-likeness (QED) is 0.791. The van der Waals surface area contributed by atoms with E-state index in [1.54, 1.807) is 13.0 Å². The van der Waals surface area contributed by atoms with Gasteiger partial charge in [0.15, 0.2) is 0 Å². The van der Waals surface area contributed by atoms with Crippen LogP contribution in [-0.2, 0) is 13.6 Å². The zero-order valence-corrected chi connectivity index (χ0v) is 13.9. The van der Waals surface area contributed by atoms with E-state index in [1.165, 1.54) is 0 Å². The number of benzene rings is 1. The zero-order chi connectivity index (χ0) is 16.0. The second-order valence-electron chi connectivity index (χ2n) is 6.58. The second-order valence-corrected chi connectivity index (χ2v) is 8.76. The number of fused-ring (bicyclic) bond motifs is 1. The SMILES string of the molecule is C/C(=C1/C[C@H](O)c2ccccc2O1)P1(=O)OCC(C)(C)CO1. The van der Waals surface area contributed by atoms with E-state index in [1.807, 2.05) is 32.0 Å². The van der Waals surface area contributed by atoms with Gasteiger partial charge in [-0.1, -0.05) is 32.0 Å². The molecule has 0 radical (unpaired) electrons. The minimum absolute atomic E-state index is 0.154. The fraction of sp³-hybridized carbons (Fsp3) is 0.500. The molecule has 1 saturated heterocycles. The molecule has 2 heterocycles. The third-order valence-electron chi connectivity index (χ3n) is 3.95. The highest BCUT2D eigenvalue weighted by atomic mass is 31.2. The number of para-hydroxylation sites is 1. The normalized spacial score (nSPS) is 28.5. The third kappa shape index (κ3) is 2.86. The van der Waals surface area contributed by atoms with Gasteiger partial charge < -0.3 is 18.9 Å². The second kappa shape index (κ2) is 5.50. The molecule has 0 unspecified atom stereocenters. The Hall–Kier alpha value is -1.13. The van der Waals surface area contributed by atoms with Crippen molar-refractivity contribution in [1.82, 2.24) is 0 Å². The summed E-state index contributed by atoms with van der Waals surface area (Å²) in [5, 5.41) is 10.7. The highest BCUT2D eigenvalue weighted by Gasteiger charge is 2.40. The smallest absolute Gasteiger partial charge is 0.360 e. The fourth-order valence-electron chi connectivity index (χ4n) is 2.48. The van der Waals surface area contributed by atoms with Crippen molar-refractivity contribution in [1.29, 1.82) is 0 Å². The summed E-state index contributed by atoms with van der Waals surface area (Å²) in [5.74, 6) is 1.05. The number of rotatable bonds is 1. The lowest BCUT2D eigenvalue weighted by molar-refractivity contribution is 0.0439. The van der Waals surface area contributed by atoms with Crippen LogP contribution in [0.4, 0.5) is 0 Å². The molecule has 1 aromatic carbocycles. The molecule has 5 nitrogen and oxygen atoms in total. The van der Waals surface area contributed by atoms with E-state index in [-0.39, 0.29) is 11.8 Å². The molecule has 6 heteroatoms. The molecule has 1 aromatic rings. The highest BCUT2D eigenvalue weighted by molar-refractivity contribution is 7.58. The number of allylic oxidation sites excluding steroid dienone is 1. The number of hydrogen-bond acceptors (Lipinski definition) is 5. The summed E-state index contributed by atoms with van der Waals surface area (Å²) in [5.41, 5.74) is 0.585. The molecule has 1 N–H and O–H groups in total. The fourth-order valence-corrected chi connectivity index (χ4v) is 4.42. The molecule has 1 atom stereocenters. The Kier molecular flexibility index (Phi) is 3.94. The average Bonchev–Trinajstić information content (AvgIpc) is 2.50. The molecule has 0 amide bonds. The van der Waals surface area contributed by atoms with Crippen LogP contribution in [0.5, 0.6) is 5.75 Å². The van der Waals surface area contributed by atoms with Crippen LogP contribution >= 0.6 is 7.60 Å². The molecule has 0 spiro atoms. The molecule has 1 fully saturated rings. The molecule has 0 aromatic heterocycles. The van der Waals surface area contributed by atoms with Gasteiger partial charge in [0.25, 0.3) is 0 Å². The Morgan fingerprint density at radius 1 is 1.27 bits per heavy atom. The summed E-state index contributed by atoms with van der Waals surface area (Å²) in [7, 11) is -3.35. The monoisotopic (exact) mass is 324 g/mol. The first-order valence-electron chi connectivity index (χ1n) is 7.35. The lowest BCUT2D eigenvalue weighted by Gasteiger charge is -2.35. The molecule has 0 aliphatic carbocycles. The van der Waals surface area contributed by atoms with E-state index in [0.29, 0.717) is 30.0 Å². The van der Waals surface area contributed by atoms with E-state index in [2.05, 4.69) is 0 Å². The van der Waals surface area contributed by atoms with Crippen LogP contribution < -0.4 is 4.74 Å². The van der Waals surface area contributed by atoms with Gasteiger partial charge in [0.2, 0.25) is 0 Å². The largest absolute Gasteiger partial charge is 0.461 e. The molecular formula is C16H21O5P. The van der Waals surface area contributed by atoms with Gasteiger partial charge in [0.1, 0.15) is 11.5 Å². The molecular weight excluding hydrogens is 303 g/mol. The van der Waals surface area contributed by atoms with Crippen LogP contribution in [0.3, 0.4) is 0 Å². The number of aliphatic hydroxyl groups is 1. The Balaban J connectivity index is 1.90. The summed E-state index contributed by atoms with van der Waals surface area (Å²) >= 11 is 0.